The minimum Gasteiger partial charge on any atom is -0.465 e. The van der Waals surface area contributed by atoms with Gasteiger partial charge in [0.1, 0.15) is 11.3 Å². The Hall–Kier alpha value is -2.79. The normalized spacial score (nSPS) is 10.7. The van der Waals surface area contributed by atoms with Crippen LogP contribution < -0.4 is 5.32 Å². The lowest BCUT2D eigenvalue weighted by molar-refractivity contribution is 0.0602. The number of hydrogen-bond acceptors (Lipinski definition) is 4. The number of nitrogens with one attached hydrogen (secondary N) is 1. The first kappa shape index (κ1) is 17.0. The quantitative estimate of drug-likeness (QED) is 0.687. The van der Waals surface area contributed by atoms with Crippen LogP contribution >= 0.6 is 11.6 Å². The third-order valence-corrected chi connectivity index (χ3v) is 4.42. The van der Waals surface area contributed by atoms with Gasteiger partial charge in [0, 0.05) is 5.39 Å². The predicted octanol–water partition coefficient (Wildman–Crippen LogP) is 4.74. The molecule has 0 unspecified atom stereocenters. The van der Waals surface area contributed by atoms with Gasteiger partial charge in [0.25, 0.3) is 5.91 Å². The molecule has 0 aliphatic carbocycles. The molecule has 1 N–H and O–H groups in total. The molecule has 0 saturated carbocycles. The second-order valence-electron chi connectivity index (χ2n) is 5.57. The van der Waals surface area contributed by atoms with Gasteiger partial charge in [-0.15, -0.1) is 0 Å². The van der Waals surface area contributed by atoms with Crippen LogP contribution in [-0.4, -0.2) is 19.0 Å². The van der Waals surface area contributed by atoms with Gasteiger partial charge < -0.3 is 14.5 Å². The number of fused-ring (bicyclic) bond motifs is 1. The number of esters is 1. The number of rotatable bonds is 3. The lowest BCUT2D eigenvalue weighted by Crippen LogP contribution is -2.16. The molecular weight excluding hydrogens is 342 g/mol. The Morgan fingerprint density at radius 1 is 1.08 bits per heavy atom. The fourth-order valence-electron chi connectivity index (χ4n) is 2.65. The highest BCUT2D eigenvalue weighted by molar-refractivity contribution is 6.35. The highest BCUT2D eigenvalue weighted by atomic mass is 35.5. The lowest BCUT2D eigenvalue weighted by Gasteiger charge is -2.11. The van der Waals surface area contributed by atoms with Gasteiger partial charge >= 0.3 is 5.97 Å². The van der Waals surface area contributed by atoms with Gasteiger partial charge in [-0.25, -0.2) is 4.79 Å². The molecule has 128 valence electrons. The molecule has 25 heavy (non-hydrogen) atoms. The van der Waals surface area contributed by atoms with Gasteiger partial charge in [-0.2, -0.15) is 0 Å². The van der Waals surface area contributed by atoms with Gasteiger partial charge in [-0.3, -0.25) is 4.79 Å². The number of benzene rings is 2. The topological polar surface area (TPSA) is 68.5 Å². The number of hydrogen-bond donors (Lipinski definition) is 1. The van der Waals surface area contributed by atoms with Crippen LogP contribution in [0.4, 0.5) is 5.69 Å². The summed E-state index contributed by atoms with van der Waals surface area (Å²) in [5.41, 5.74) is 2.24. The van der Waals surface area contributed by atoms with E-state index in [9.17, 15) is 9.59 Å². The monoisotopic (exact) mass is 357 g/mol. The van der Waals surface area contributed by atoms with E-state index in [-0.39, 0.29) is 16.3 Å². The number of furan rings is 1. The Labute approximate surface area is 149 Å². The molecule has 5 nitrogen and oxygen atoms in total. The van der Waals surface area contributed by atoms with Crippen molar-refractivity contribution in [3.63, 3.8) is 0 Å². The maximum absolute atomic E-state index is 12.8. The SMILES string of the molecule is COC(=O)c1cccc(Cl)c1NC(=O)c1cccc2c(C)c(C)oc12. The van der Waals surface area contributed by atoms with Crippen molar-refractivity contribution in [1.82, 2.24) is 0 Å². The molecule has 0 saturated heterocycles. The summed E-state index contributed by atoms with van der Waals surface area (Å²) in [7, 11) is 1.27. The Bertz CT molecular complexity index is 990. The van der Waals surface area contributed by atoms with Crippen molar-refractivity contribution >= 4 is 40.1 Å². The van der Waals surface area contributed by atoms with Crippen molar-refractivity contribution in [1.29, 1.82) is 0 Å². The number of para-hydroxylation sites is 2. The summed E-state index contributed by atoms with van der Waals surface area (Å²) >= 11 is 6.16. The van der Waals surface area contributed by atoms with Crippen LogP contribution in [0.1, 0.15) is 32.0 Å². The number of ether oxygens (including phenoxy) is 1. The molecule has 2 aromatic carbocycles. The van der Waals surface area contributed by atoms with Gasteiger partial charge in [-0.05, 0) is 37.6 Å². The second kappa shape index (κ2) is 6.61. The molecular formula is C19H16ClNO4. The Balaban J connectivity index is 2.05. The highest BCUT2D eigenvalue weighted by Gasteiger charge is 2.20. The fourth-order valence-corrected chi connectivity index (χ4v) is 2.87. The van der Waals surface area contributed by atoms with E-state index in [0.29, 0.717) is 11.1 Å². The van der Waals surface area contributed by atoms with Gasteiger partial charge in [0.2, 0.25) is 0 Å². The number of halogens is 1. The van der Waals surface area contributed by atoms with E-state index < -0.39 is 11.9 Å². The zero-order chi connectivity index (χ0) is 18.1. The first-order valence-corrected chi connectivity index (χ1v) is 7.98. The van der Waals surface area contributed by atoms with E-state index in [0.717, 1.165) is 16.7 Å². The number of aryl methyl sites for hydroxylation is 2. The maximum atomic E-state index is 12.8. The first-order chi connectivity index (χ1) is 11.9. The van der Waals surface area contributed by atoms with Crippen molar-refractivity contribution in [2.45, 2.75) is 13.8 Å². The van der Waals surface area contributed by atoms with E-state index in [4.69, 9.17) is 20.8 Å². The van der Waals surface area contributed by atoms with Crippen molar-refractivity contribution < 1.29 is 18.7 Å². The van der Waals surface area contributed by atoms with Crippen molar-refractivity contribution in [3.05, 3.63) is 63.9 Å². The van der Waals surface area contributed by atoms with Gasteiger partial charge in [0.15, 0.2) is 0 Å². The van der Waals surface area contributed by atoms with Gasteiger partial charge in [0.05, 0.1) is 28.9 Å². The average Bonchev–Trinajstić information content (AvgIpc) is 2.90. The summed E-state index contributed by atoms with van der Waals surface area (Å²) in [6, 6.07) is 10.1. The molecule has 0 aliphatic heterocycles. The zero-order valence-corrected chi connectivity index (χ0v) is 14.7. The number of methoxy groups -OCH3 is 1. The predicted molar refractivity (Wildman–Crippen MR) is 96.4 cm³/mol. The molecule has 0 atom stereocenters. The largest absolute Gasteiger partial charge is 0.465 e. The van der Waals surface area contributed by atoms with E-state index >= 15 is 0 Å². The van der Waals surface area contributed by atoms with Gasteiger partial charge in [-0.1, -0.05) is 29.8 Å². The highest BCUT2D eigenvalue weighted by Crippen LogP contribution is 2.30. The molecule has 1 aromatic heterocycles. The third kappa shape index (κ3) is 2.98. The van der Waals surface area contributed by atoms with E-state index in [1.165, 1.54) is 13.2 Å². The summed E-state index contributed by atoms with van der Waals surface area (Å²) in [6.07, 6.45) is 0. The molecule has 3 aromatic rings. The maximum Gasteiger partial charge on any atom is 0.340 e. The van der Waals surface area contributed by atoms with Crippen LogP contribution in [0.25, 0.3) is 11.0 Å². The molecule has 0 radical (unpaired) electrons. The van der Waals surface area contributed by atoms with E-state index in [1.807, 2.05) is 19.9 Å². The Morgan fingerprint density at radius 2 is 1.76 bits per heavy atom. The summed E-state index contributed by atoms with van der Waals surface area (Å²) in [4.78, 5) is 24.7. The van der Waals surface area contributed by atoms with Crippen LogP contribution in [0.15, 0.2) is 40.8 Å². The summed E-state index contributed by atoms with van der Waals surface area (Å²) in [6.45, 7) is 3.78. The van der Waals surface area contributed by atoms with Crippen molar-refractivity contribution in [3.8, 4) is 0 Å². The minimum absolute atomic E-state index is 0.183. The van der Waals surface area contributed by atoms with Crippen molar-refractivity contribution in [2.24, 2.45) is 0 Å². The minimum atomic E-state index is -0.583. The molecule has 6 heteroatoms. The molecule has 1 amide bonds. The van der Waals surface area contributed by atoms with E-state index in [1.54, 1.807) is 24.3 Å². The number of amides is 1. The summed E-state index contributed by atoms with van der Waals surface area (Å²) in [5, 5.41) is 3.82. The van der Waals surface area contributed by atoms with Crippen LogP contribution in [0.2, 0.25) is 5.02 Å². The number of carbonyl (C=O) groups excluding carboxylic acids is 2. The van der Waals surface area contributed by atoms with Crippen LogP contribution in [0.5, 0.6) is 0 Å². The smallest absolute Gasteiger partial charge is 0.340 e. The van der Waals surface area contributed by atoms with E-state index in [2.05, 4.69) is 5.32 Å². The zero-order valence-electron chi connectivity index (χ0n) is 14.0. The standard InChI is InChI=1S/C19H16ClNO4/c1-10-11(2)25-17-12(10)6-4-8-14(17)18(22)21-16-13(19(23)24-3)7-5-9-15(16)20/h4-9H,1-3H3,(H,21,22). The first-order valence-electron chi connectivity index (χ1n) is 7.61. The fraction of sp³-hybridized carbons (Fsp3) is 0.158. The van der Waals surface area contributed by atoms with Crippen LogP contribution in [0, 0.1) is 13.8 Å². The molecule has 0 spiro atoms. The molecule has 0 aliphatic rings. The number of anilines is 1. The molecule has 0 fully saturated rings. The second-order valence-corrected chi connectivity index (χ2v) is 5.98. The third-order valence-electron chi connectivity index (χ3n) is 4.10. The number of carbonyl (C=O) groups is 2. The Morgan fingerprint density at radius 3 is 2.48 bits per heavy atom. The van der Waals surface area contributed by atoms with Crippen molar-refractivity contribution in [2.75, 3.05) is 12.4 Å². The van der Waals surface area contributed by atoms with Crippen LogP contribution in [-0.2, 0) is 4.74 Å². The Kier molecular flexibility index (Phi) is 4.51. The molecule has 0 bridgehead atoms. The summed E-state index contributed by atoms with van der Waals surface area (Å²) < 4.78 is 10.5. The van der Waals surface area contributed by atoms with Crippen LogP contribution in [0.3, 0.4) is 0 Å². The molecule has 1 heterocycles. The lowest BCUT2D eigenvalue weighted by atomic mass is 10.1. The summed E-state index contributed by atoms with van der Waals surface area (Å²) in [5.74, 6) is -0.249. The average molecular weight is 358 g/mol. The molecule has 3 rings (SSSR count).